The Balaban J connectivity index is 1.55. The van der Waals surface area contributed by atoms with Crippen LogP contribution in [0, 0.1) is 0 Å². The first-order valence-electron chi connectivity index (χ1n) is 14.5. The van der Waals surface area contributed by atoms with Crippen molar-refractivity contribution in [3.63, 3.8) is 0 Å². The van der Waals surface area contributed by atoms with E-state index in [-0.39, 0.29) is 35.4 Å². The van der Waals surface area contributed by atoms with Crippen molar-refractivity contribution in [2.75, 3.05) is 17.6 Å². The van der Waals surface area contributed by atoms with Crippen molar-refractivity contribution in [1.29, 1.82) is 0 Å². The molecule has 46 heavy (non-hydrogen) atoms. The molecule has 0 heterocycles. The van der Waals surface area contributed by atoms with Crippen LogP contribution >= 0.6 is 0 Å². The second-order valence-electron chi connectivity index (χ2n) is 12.0. The topological polar surface area (TPSA) is 113 Å². The highest BCUT2D eigenvalue weighted by Crippen LogP contribution is 2.37. The van der Waals surface area contributed by atoms with E-state index in [0.29, 0.717) is 11.3 Å². The van der Waals surface area contributed by atoms with Crippen LogP contribution in [0.1, 0.15) is 59.3 Å². The molecule has 4 aromatic carbocycles. The molecule has 0 saturated heterocycles. The number of alkyl halides is 3. The molecule has 4 rings (SSSR count). The molecule has 11 heteroatoms. The van der Waals surface area contributed by atoms with Crippen molar-refractivity contribution in [1.82, 2.24) is 5.32 Å². The fourth-order valence-electron chi connectivity index (χ4n) is 4.95. The molecule has 1 unspecified atom stereocenters. The van der Waals surface area contributed by atoms with Crippen LogP contribution in [-0.2, 0) is 32.9 Å². The SMILES string of the molecule is CC(C)(C)c1ccc(C(Cc2ccc(C(=O)NCCS(=O)(=O)O)cc2)C(=O)Nc2ccc(-c3ccccc3C(F)(F)F)cc2)cc1. The highest BCUT2D eigenvalue weighted by Gasteiger charge is 2.33. The number of nitrogens with one attached hydrogen (secondary N) is 2. The predicted octanol–water partition coefficient (Wildman–Crippen LogP) is 7.25. The van der Waals surface area contributed by atoms with Crippen molar-refractivity contribution in [3.05, 3.63) is 125 Å². The summed E-state index contributed by atoms with van der Waals surface area (Å²) < 4.78 is 71.3. The van der Waals surface area contributed by atoms with E-state index in [0.717, 1.165) is 22.8 Å². The minimum Gasteiger partial charge on any atom is -0.351 e. The van der Waals surface area contributed by atoms with Gasteiger partial charge >= 0.3 is 6.18 Å². The van der Waals surface area contributed by atoms with Gasteiger partial charge in [0.05, 0.1) is 17.2 Å². The Morgan fingerprint density at radius 3 is 2.00 bits per heavy atom. The first-order chi connectivity index (χ1) is 21.5. The van der Waals surface area contributed by atoms with Crippen LogP contribution < -0.4 is 10.6 Å². The molecule has 0 aliphatic heterocycles. The summed E-state index contributed by atoms with van der Waals surface area (Å²) in [7, 11) is -4.21. The normalized spacial score (nSPS) is 12.8. The average Bonchev–Trinajstić information content (AvgIpc) is 2.99. The van der Waals surface area contributed by atoms with Gasteiger partial charge < -0.3 is 10.6 Å². The molecule has 0 aliphatic carbocycles. The summed E-state index contributed by atoms with van der Waals surface area (Å²) in [6.07, 6.45) is -4.23. The lowest BCUT2D eigenvalue weighted by molar-refractivity contribution is -0.137. The van der Waals surface area contributed by atoms with Crippen molar-refractivity contribution in [2.24, 2.45) is 0 Å². The molecule has 0 saturated carbocycles. The monoisotopic (exact) mass is 652 g/mol. The molecule has 4 aromatic rings. The number of anilines is 1. The molecule has 0 spiro atoms. The molecule has 0 aromatic heterocycles. The fourth-order valence-corrected chi connectivity index (χ4v) is 5.31. The molecule has 2 amide bonds. The van der Waals surface area contributed by atoms with Gasteiger partial charge in [-0.3, -0.25) is 14.1 Å². The van der Waals surface area contributed by atoms with Crippen LogP contribution in [-0.4, -0.2) is 37.1 Å². The number of hydrogen-bond acceptors (Lipinski definition) is 4. The summed E-state index contributed by atoms with van der Waals surface area (Å²) in [6.45, 7) is 6.01. The van der Waals surface area contributed by atoms with E-state index in [9.17, 15) is 31.2 Å². The van der Waals surface area contributed by atoms with Gasteiger partial charge in [-0.15, -0.1) is 0 Å². The third kappa shape index (κ3) is 9.27. The van der Waals surface area contributed by atoms with E-state index in [4.69, 9.17) is 4.55 Å². The smallest absolute Gasteiger partial charge is 0.351 e. The Bertz CT molecular complexity index is 1780. The molecule has 3 N–H and O–H groups in total. The standard InChI is InChI=1S/C35H35F3N2O5S/c1-34(2,3)27-16-12-25(13-17-27)30(22-23-8-10-26(11-9-23)32(41)39-20-21-46(43,44)45)33(42)40-28-18-14-24(15-19-28)29-6-4-5-7-31(29)35(36,37)38/h4-19,30H,20-22H2,1-3H3,(H,39,41)(H,40,42)(H,43,44,45). The molecule has 0 aliphatic rings. The van der Waals surface area contributed by atoms with Gasteiger partial charge in [0.2, 0.25) is 5.91 Å². The Kier molecular flexibility index (Phi) is 10.4. The lowest BCUT2D eigenvalue weighted by Gasteiger charge is -2.22. The summed E-state index contributed by atoms with van der Waals surface area (Å²) in [6, 6.07) is 25.8. The van der Waals surface area contributed by atoms with Gasteiger partial charge in [0.25, 0.3) is 16.0 Å². The zero-order chi connectivity index (χ0) is 33.7. The lowest BCUT2D eigenvalue weighted by Crippen LogP contribution is -2.28. The van der Waals surface area contributed by atoms with E-state index in [1.165, 1.54) is 24.3 Å². The van der Waals surface area contributed by atoms with Gasteiger partial charge in [0.15, 0.2) is 0 Å². The quantitative estimate of drug-likeness (QED) is 0.156. The van der Waals surface area contributed by atoms with Gasteiger partial charge in [-0.2, -0.15) is 21.6 Å². The second-order valence-corrected chi connectivity index (χ2v) is 13.5. The van der Waals surface area contributed by atoms with E-state index in [1.807, 2.05) is 24.3 Å². The van der Waals surface area contributed by atoms with Gasteiger partial charge in [0, 0.05) is 17.8 Å². The van der Waals surface area contributed by atoms with Gasteiger partial charge in [-0.25, -0.2) is 0 Å². The fraction of sp³-hybridized carbons (Fsp3) is 0.257. The summed E-state index contributed by atoms with van der Waals surface area (Å²) in [5.41, 5.74) is 2.87. The molecule has 242 valence electrons. The Morgan fingerprint density at radius 1 is 0.826 bits per heavy atom. The summed E-state index contributed by atoms with van der Waals surface area (Å²) in [4.78, 5) is 26.1. The average molecular weight is 653 g/mol. The Morgan fingerprint density at radius 2 is 1.43 bits per heavy atom. The highest BCUT2D eigenvalue weighted by atomic mass is 32.2. The van der Waals surface area contributed by atoms with Crippen molar-refractivity contribution >= 4 is 27.6 Å². The summed E-state index contributed by atoms with van der Waals surface area (Å²) in [5.74, 6) is -2.08. The third-order valence-electron chi connectivity index (χ3n) is 7.49. The van der Waals surface area contributed by atoms with Crippen LogP contribution in [0.4, 0.5) is 18.9 Å². The summed E-state index contributed by atoms with van der Waals surface area (Å²) >= 11 is 0. The van der Waals surface area contributed by atoms with Crippen LogP contribution in [0.3, 0.4) is 0 Å². The predicted molar refractivity (Wildman–Crippen MR) is 172 cm³/mol. The molecule has 7 nitrogen and oxygen atoms in total. The number of carbonyl (C=O) groups is 2. The van der Waals surface area contributed by atoms with Crippen molar-refractivity contribution in [2.45, 2.75) is 44.7 Å². The number of benzene rings is 4. The number of hydrogen-bond donors (Lipinski definition) is 3. The largest absolute Gasteiger partial charge is 0.417 e. The van der Waals surface area contributed by atoms with Gasteiger partial charge in [0.1, 0.15) is 0 Å². The van der Waals surface area contributed by atoms with Crippen molar-refractivity contribution < 1.29 is 35.7 Å². The Hall–Kier alpha value is -4.48. The van der Waals surface area contributed by atoms with Gasteiger partial charge in [-0.05, 0) is 70.0 Å². The van der Waals surface area contributed by atoms with E-state index in [2.05, 4.69) is 31.4 Å². The maximum Gasteiger partial charge on any atom is 0.417 e. The number of rotatable bonds is 10. The highest BCUT2D eigenvalue weighted by molar-refractivity contribution is 7.85. The molecule has 0 bridgehead atoms. The maximum atomic E-state index is 13.7. The lowest BCUT2D eigenvalue weighted by atomic mass is 9.84. The maximum absolute atomic E-state index is 13.7. The van der Waals surface area contributed by atoms with Crippen LogP contribution in [0.15, 0.2) is 97.1 Å². The van der Waals surface area contributed by atoms with E-state index < -0.39 is 39.4 Å². The molecular weight excluding hydrogens is 617 g/mol. The zero-order valence-corrected chi connectivity index (χ0v) is 26.4. The van der Waals surface area contributed by atoms with Gasteiger partial charge in [-0.1, -0.05) is 87.5 Å². The molecule has 1 atom stereocenters. The first kappa shape index (κ1) is 34.4. The van der Waals surface area contributed by atoms with E-state index >= 15 is 0 Å². The van der Waals surface area contributed by atoms with Crippen LogP contribution in [0.2, 0.25) is 0 Å². The zero-order valence-electron chi connectivity index (χ0n) is 25.6. The minimum atomic E-state index is -4.51. The first-order valence-corrected chi connectivity index (χ1v) is 16.1. The van der Waals surface area contributed by atoms with Crippen LogP contribution in [0.5, 0.6) is 0 Å². The second kappa shape index (κ2) is 13.9. The van der Waals surface area contributed by atoms with Crippen LogP contribution in [0.25, 0.3) is 11.1 Å². The molecular formula is C35H35F3N2O5S. The van der Waals surface area contributed by atoms with E-state index in [1.54, 1.807) is 42.5 Å². The number of amides is 2. The minimum absolute atomic E-state index is 0.0419. The number of carbonyl (C=O) groups excluding carboxylic acids is 2. The summed E-state index contributed by atoms with van der Waals surface area (Å²) in [5, 5.41) is 5.33. The van der Waals surface area contributed by atoms with Crippen molar-refractivity contribution in [3.8, 4) is 11.1 Å². The molecule has 0 radical (unpaired) electrons. The molecule has 0 fully saturated rings. The Labute approximate surface area is 266 Å². The third-order valence-corrected chi connectivity index (χ3v) is 8.21. The number of halogens is 3.